The first-order valence-corrected chi connectivity index (χ1v) is 15.3. The summed E-state index contributed by atoms with van der Waals surface area (Å²) in [5.41, 5.74) is -2.66. The van der Waals surface area contributed by atoms with Crippen molar-refractivity contribution in [2.24, 2.45) is 0 Å². The third-order valence-electron chi connectivity index (χ3n) is 7.55. The molecule has 0 saturated carbocycles. The summed E-state index contributed by atoms with van der Waals surface area (Å²) in [6.07, 6.45) is -4.59. The number of rotatable bonds is 8. The molecule has 0 radical (unpaired) electrons. The molecule has 0 spiro atoms. The first kappa shape index (κ1) is 30.7. The van der Waals surface area contributed by atoms with Gasteiger partial charge in [0, 0.05) is 65.0 Å². The fourth-order valence-electron chi connectivity index (χ4n) is 4.99. The van der Waals surface area contributed by atoms with Gasteiger partial charge in [-0.25, -0.2) is 8.42 Å². The molecule has 40 heavy (non-hydrogen) atoms. The van der Waals surface area contributed by atoms with E-state index in [1.165, 1.54) is 33.5 Å². The van der Waals surface area contributed by atoms with Crippen molar-refractivity contribution in [3.63, 3.8) is 0 Å². The van der Waals surface area contributed by atoms with Crippen molar-refractivity contribution in [2.75, 3.05) is 64.9 Å². The first-order valence-electron chi connectivity index (χ1n) is 12.9. The van der Waals surface area contributed by atoms with Gasteiger partial charge in [0.05, 0.1) is 19.3 Å². The third-order valence-corrected chi connectivity index (χ3v) is 10.8. The Bertz CT molecular complexity index is 1250. The van der Waals surface area contributed by atoms with E-state index in [0.717, 1.165) is 11.3 Å². The Morgan fingerprint density at radius 1 is 1.12 bits per heavy atom. The monoisotopic (exact) mass is 604 g/mol. The minimum Gasteiger partial charge on any atom is -0.378 e. The SMILES string of the molecule is CN(C)C(=O)C[C@@H]1COCCN1C[C@H]1CN(S(=O)(=O)c2cccs2)CCN1c1ccc([C@@](C)(O)C(F)(F)F)cc1. The van der Waals surface area contributed by atoms with Crippen molar-refractivity contribution in [1.29, 1.82) is 0 Å². The van der Waals surface area contributed by atoms with Gasteiger partial charge in [-0.15, -0.1) is 11.3 Å². The minimum absolute atomic E-state index is 0.0461. The standard InChI is InChI=1S/C26H35F3N4O5S2/c1-25(35,26(27,28)29)19-6-8-20(9-7-19)33-11-10-32(40(36,37)24-5-4-14-39-24)17-22(33)16-31-12-13-38-18-21(31)15-23(34)30(2)3/h4-9,14,21-22,35H,10-13,15-18H2,1-3H3/t21-,22+,25-/m1/s1. The number of halogens is 3. The van der Waals surface area contributed by atoms with Crippen LogP contribution in [0.1, 0.15) is 18.9 Å². The second-order valence-corrected chi connectivity index (χ2v) is 13.6. The fraction of sp³-hybridized carbons (Fsp3) is 0.577. The molecule has 3 heterocycles. The summed E-state index contributed by atoms with van der Waals surface area (Å²) >= 11 is 1.15. The largest absolute Gasteiger partial charge is 0.421 e. The fourth-order valence-corrected chi connectivity index (χ4v) is 7.61. The van der Waals surface area contributed by atoms with Gasteiger partial charge in [0.15, 0.2) is 5.60 Å². The van der Waals surface area contributed by atoms with E-state index < -0.39 is 21.8 Å². The lowest BCUT2D eigenvalue weighted by Crippen LogP contribution is -2.60. The summed E-state index contributed by atoms with van der Waals surface area (Å²) in [4.78, 5) is 18.1. The summed E-state index contributed by atoms with van der Waals surface area (Å²) < 4.78 is 74.2. The van der Waals surface area contributed by atoms with Crippen LogP contribution in [0, 0.1) is 0 Å². The summed E-state index contributed by atoms with van der Waals surface area (Å²) in [7, 11) is -0.347. The molecule has 1 aromatic carbocycles. The quantitative estimate of drug-likeness (QED) is 0.495. The van der Waals surface area contributed by atoms with Crippen LogP contribution < -0.4 is 4.90 Å². The van der Waals surface area contributed by atoms with Crippen LogP contribution in [0.2, 0.25) is 0 Å². The number of carbonyl (C=O) groups is 1. The van der Waals surface area contributed by atoms with Gasteiger partial charge in [-0.2, -0.15) is 17.5 Å². The maximum absolute atomic E-state index is 13.4. The van der Waals surface area contributed by atoms with Crippen LogP contribution in [0.3, 0.4) is 0 Å². The van der Waals surface area contributed by atoms with Crippen LogP contribution >= 0.6 is 11.3 Å². The van der Waals surface area contributed by atoms with Gasteiger partial charge in [-0.3, -0.25) is 9.69 Å². The summed E-state index contributed by atoms with van der Waals surface area (Å²) in [6.45, 7) is 3.21. The molecule has 14 heteroatoms. The van der Waals surface area contributed by atoms with Gasteiger partial charge in [-0.1, -0.05) is 18.2 Å². The number of aliphatic hydroxyl groups is 1. The molecule has 2 aliphatic rings. The molecule has 1 N–H and O–H groups in total. The van der Waals surface area contributed by atoms with E-state index in [1.807, 2.05) is 4.90 Å². The second kappa shape index (κ2) is 11.9. The summed E-state index contributed by atoms with van der Waals surface area (Å²) in [6, 6.07) is 8.26. The van der Waals surface area contributed by atoms with E-state index >= 15 is 0 Å². The third kappa shape index (κ3) is 6.47. The lowest BCUT2D eigenvalue weighted by Gasteiger charge is -2.46. The lowest BCUT2D eigenvalue weighted by molar-refractivity contribution is -0.258. The number of alkyl halides is 3. The Balaban J connectivity index is 1.62. The molecule has 2 aromatic rings. The number of carbonyl (C=O) groups excluding carboxylic acids is 1. The zero-order valence-corrected chi connectivity index (χ0v) is 24.3. The number of amides is 1. The van der Waals surface area contributed by atoms with Gasteiger partial charge < -0.3 is 19.6 Å². The van der Waals surface area contributed by atoms with Crippen molar-refractivity contribution in [3.8, 4) is 0 Å². The molecular weight excluding hydrogens is 569 g/mol. The predicted molar refractivity (Wildman–Crippen MR) is 146 cm³/mol. The Morgan fingerprint density at radius 3 is 2.42 bits per heavy atom. The molecule has 4 rings (SSSR count). The van der Waals surface area contributed by atoms with Crippen LogP contribution in [0.5, 0.6) is 0 Å². The average Bonchev–Trinajstić information content (AvgIpc) is 3.45. The van der Waals surface area contributed by atoms with Crippen LogP contribution in [0.25, 0.3) is 0 Å². The first-order chi connectivity index (χ1) is 18.7. The van der Waals surface area contributed by atoms with Crippen molar-refractivity contribution in [1.82, 2.24) is 14.1 Å². The Labute approximate surface area is 236 Å². The Hall–Kier alpha value is -2.23. The molecule has 0 bridgehead atoms. The van der Waals surface area contributed by atoms with Crippen molar-refractivity contribution < 1.29 is 36.2 Å². The highest BCUT2D eigenvalue weighted by atomic mass is 32.2. The number of thiophene rings is 1. The zero-order chi connectivity index (χ0) is 29.3. The molecule has 2 saturated heterocycles. The van der Waals surface area contributed by atoms with Crippen molar-refractivity contribution in [2.45, 2.75) is 41.4 Å². The number of sulfonamides is 1. The van der Waals surface area contributed by atoms with E-state index in [0.29, 0.717) is 45.5 Å². The van der Waals surface area contributed by atoms with Crippen LogP contribution in [-0.4, -0.2) is 112 Å². The van der Waals surface area contributed by atoms with E-state index in [9.17, 15) is 31.5 Å². The highest BCUT2D eigenvalue weighted by molar-refractivity contribution is 7.91. The van der Waals surface area contributed by atoms with E-state index in [1.54, 1.807) is 31.6 Å². The number of anilines is 1. The normalized spacial score (nSPS) is 23.1. The zero-order valence-electron chi connectivity index (χ0n) is 22.7. The van der Waals surface area contributed by atoms with E-state index in [2.05, 4.69) is 4.90 Å². The maximum atomic E-state index is 13.4. The Morgan fingerprint density at radius 2 is 1.82 bits per heavy atom. The number of ether oxygens (including phenoxy) is 1. The molecule has 2 aliphatic heterocycles. The second-order valence-electron chi connectivity index (χ2n) is 10.5. The number of hydrogen-bond acceptors (Lipinski definition) is 8. The molecule has 3 atom stereocenters. The smallest absolute Gasteiger partial charge is 0.378 e. The molecule has 2 fully saturated rings. The van der Waals surface area contributed by atoms with E-state index in [-0.39, 0.29) is 47.3 Å². The van der Waals surface area contributed by atoms with Gasteiger partial charge in [-0.05, 0) is 36.1 Å². The molecular formula is C26H35F3N4O5S2. The molecule has 0 unspecified atom stereocenters. The summed E-state index contributed by atoms with van der Waals surface area (Å²) in [5.74, 6) is -0.0461. The van der Waals surface area contributed by atoms with Gasteiger partial charge in [0.1, 0.15) is 4.21 Å². The number of nitrogens with zero attached hydrogens (tertiary/aromatic N) is 4. The molecule has 1 aromatic heterocycles. The molecule has 1 amide bonds. The number of hydrogen-bond donors (Lipinski definition) is 1. The highest BCUT2D eigenvalue weighted by Crippen LogP contribution is 2.39. The van der Waals surface area contributed by atoms with Gasteiger partial charge >= 0.3 is 6.18 Å². The lowest BCUT2D eigenvalue weighted by atomic mass is 9.95. The molecule has 0 aliphatic carbocycles. The van der Waals surface area contributed by atoms with Crippen LogP contribution in [0.4, 0.5) is 18.9 Å². The van der Waals surface area contributed by atoms with Gasteiger partial charge in [0.25, 0.3) is 10.0 Å². The average molecular weight is 605 g/mol. The topological polar surface area (TPSA) is 93.6 Å². The molecule has 9 nitrogen and oxygen atoms in total. The predicted octanol–water partition coefficient (Wildman–Crippen LogP) is 2.58. The van der Waals surface area contributed by atoms with Crippen molar-refractivity contribution in [3.05, 3.63) is 47.3 Å². The summed E-state index contributed by atoms with van der Waals surface area (Å²) in [5, 5.41) is 11.8. The number of piperazine rings is 1. The van der Waals surface area contributed by atoms with E-state index in [4.69, 9.17) is 4.74 Å². The van der Waals surface area contributed by atoms with Crippen molar-refractivity contribution >= 4 is 33.0 Å². The minimum atomic E-state index is -4.84. The Kier molecular flexibility index (Phi) is 9.17. The van der Waals surface area contributed by atoms with Crippen LogP contribution in [-0.2, 0) is 25.2 Å². The molecule has 222 valence electrons. The number of benzene rings is 1. The van der Waals surface area contributed by atoms with Gasteiger partial charge in [0.2, 0.25) is 5.91 Å². The highest BCUT2D eigenvalue weighted by Gasteiger charge is 2.51. The maximum Gasteiger partial charge on any atom is 0.421 e. The number of morpholine rings is 1. The van der Waals surface area contributed by atoms with Crippen LogP contribution in [0.15, 0.2) is 46.0 Å².